The van der Waals surface area contributed by atoms with Crippen molar-refractivity contribution >= 4 is 16.5 Å². The van der Waals surface area contributed by atoms with Gasteiger partial charge >= 0.3 is 0 Å². The van der Waals surface area contributed by atoms with Crippen molar-refractivity contribution in [2.45, 2.75) is 18.9 Å². The van der Waals surface area contributed by atoms with Crippen molar-refractivity contribution in [1.82, 2.24) is 4.98 Å². The minimum Gasteiger partial charge on any atom is -0.379 e. The average Bonchev–Trinajstić information content (AvgIpc) is 2.89. The Balaban J connectivity index is 1.69. The number of benzene rings is 1. The van der Waals surface area contributed by atoms with Gasteiger partial charge in [-0.2, -0.15) is 0 Å². The van der Waals surface area contributed by atoms with E-state index in [0.717, 1.165) is 30.5 Å². The summed E-state index contributed by atoms with van der Waals surface area (Å²) in [5, 5.41) is 6.54. The van der Waals surface area contributed by atoms with Gasteiger partial charge in [0.1, 0.15) is 0 Å². The van der Waals surface area contributed by atoms with Crippen molar-refractivity contribution < 1.29 is 4.74 Å². The quantitative estimate of drug-likeness (QED) is 0.918. The van der Waals surface area contributed by atoms with E-state index in [1.54, 1.807) is 11.3 Å². The van der Waals surface area contributed by atoms with Crippen molar-refractivity contribution in [3.05, 3.63) is 35.7 Å². The number of ether oxygens (including phenoxy) is 1. The predicted octanol–water partition coefficient (Wildman–Crippen LogP) is 3.40. The molecule has 1 fully saturated rings. The molecule has 0 radical (unpaired) electrons. The molecule has 2 aromatic rings. The van der Waals surface area contributed by atoms with Crippen molar-refractivity contribution in [2.24, 2.45) is 0 Å². The van der Waals surface area contributed by atoms with Gasteiger partial charge in [0.05, 0.1) is 18.3 Å². The predicted molar refractivity (Wildman–Crippen MR) is 75.0 cm³/mol. The molecule has 4 heteroatoms. The molecule has 94 valence electrons. The Morgan fingerprint density at radius 1 is 1.28 bits per heavy atom. The Kier molecular flexibility index (Phi) is 3.57. The fourth-order valence-corrected chi connectivity index (χ4v) is 2.91. The highest BCUT2D eigenvalue weighted by Crippen LogP contribution is 2.25. The number of rotatable bonds is 3. The molecule has 0 spiro atoms. The van der Waals surface area contributed by atoms with Crippen LogP contribution in [0.25, 0.3) is 11.3 Å². The third-order valence-electron chi connectivity index (χ3n) is 3.06. The van der Waals surface area contributed by atoms with Crippen LogP contribution < -0.4 is 5.32 Å². The molecule has 18 heavy (non-hydrogen) atoms. The Labute approximate surface area is 111 Å². The van der Waals surface area contributed by atoms with Gasteiger partial charge in [-0.1, -0.05) is 30.3 Å². The van der Waals surface area contributed by atoms with Crippen LogP contribution in [0, 0.1) is 0 Å². The lowest BCUT2D eigenvalue weighted by Crippen LogP contribution is -2.29. The highest BCUT2D eigenvalue weighted by atomic mass is 32.1. The largest absolute Gasteiger partial charge is 0.379 e. The Bertz CT molecular complexity index is 492. The van der Waals surface area contributed by atoms with Gasteiger partial charge in [0, 0.05) is 17.6 Å². The van der Waals surface area contributed by atoms with Crippen LogP contribution in [0.3, 0.4) is 0 Å². The van der Waals surface area contributed by atoms with Gasteiger partial charge < -0.3 is 10.1 Å². The summed E-state index contributed by atoms with van der Waals surface area (Å²) < 4.78 is 5.46. The molecular formula is C14H16N2OS. The van der Waals surface area contributed by atoms with Crippen molar-refractivity contribution in [3.63, 3.8) is 0 Å². The molecular weight excluding hydrogens is 244 g/mol. The molecule has 1 aromatic heterocycles. The van der Waals surface area contributed by atoms with E-state index >= 15 is 0 Å². The van der Waals surface area contributed by atoms with Crippen LogP contribution in [0.2, 0.25) is 0 Å². The van der Waals surface area contributed by atoms with Crippen LogP contribution in [-0.4, -0.2) is 24.2 Å². The first-order valence-corrected chi connectivity index (χ1v) is 7.15. The van der Waals surface area contributed by atoms with Gasteiger partial charge in [-0.15, -0.1) is 11.3 Å². The van der Waals surface area contributed by atoms with Crippen molar-refractivity contribution in [2.75, 3.05) is 18.5 Å². The summed E-state index contributed by atoms with van der Waals surface area (Å²) >= 11 is 1.66. The molecule has 0 saturated carbocycles. The van der Waals surface area contributed by atoms with E-state index in [0.29, 0.717) is 6.04 Å². The third-order valence-corrected chi connectivity index (χ3v) is 3.84. The standard InChI is InChI=1S/C14H16N2OS/c1-2-5-11(6-3-1)13-10-18-14(16-13)15-12-7-4-8-17-9-12/h1-3,5-6,10,12H,4,7-9H2,(H,15,16). The lowest BCUT2D eigenvalue weighted by molar-refractivity contribution is 0.0876. The lowest BCUT2D eigenvalue weighted by atomic mass is 10.1. The van der Waals surface area contributed by atoms with Crippen molar-refractivity contribution in [3.8, 4) is 11.3 Å². The molecule has 3 rings (SSSR count). The van der Waals surface area contributed by atoms with Crippen LogP contribution >= 0.6 is 11.3 Å². The zero-order chi connectivity index (χ0) is 12.2. The van der Waals surface area contributed by atoms with Crippen LogP contribution in [0.4, 0.5) is 5.13 Å². The van der Waals surface area contributed by atoms with Crippen LogP contribution in [0.1, 0.15) is 12.8 Å². The number of nitrogens with one attached hydrogen (secondary N) is 1. The van der Waals surface area contributed by atoms with Gasteiger partial charge in [0.2, 0.25) is 0 Å². The Morgan fingerprint density at radius 2 is 2.17 bits per heavy atom. The summed E-state index contributed by atoms with van der Waals surface area (Å²) in [6.45, 7) is 1.69. The molecule has 2 heterocycles. The smallest absolute Gasteiger partial charge is 0.183 e. The molecule has 1 aliphatic heterocycles. The van der Waals surface area contributed by atoms with Crippen LogP contribution in [-0.2, 0) is 4.74 Å². The summed E-state index contributed by atoms with van der Waals surface area (Å²) in [5.41, 5.74) is 2.21. The number of anilines is 1. The number of thiazole rings is 1. The molecule has 1 atom stereocenters. The lowest BCUT2D eigenvalue weighted by Gasteiger charge is -2.22. The summed E-state index contributed by atoms with van der Waals surface area (Å²) in [6.07, 6.45) is 2.30. The first-order valence-electron chi connectivity index (χ1n) is 6.27. The first-order chi connectivity index (χ1) is 8.92. The second-order valence-corrected chi connectivity index (χ2v) is 5.32. The topological polar surface area (TPSA) is 34.1 Å². The number of hydrogen-bond acceptors (Lipinski definition) is 4. The number of aromatic nitrogens is 1. The molecule has 0 amide bonds. The second-order valence-electron chi connectivity index (χ2n) is 4.46. The van der Waals surface area contributed by atoms with E-state index in [4.69, 9.17) is 4.74 Å². The molecule has 0 bridgehead atoms. The monoisotopic (exact) mass is 260 g/mol. The average molecular weight is 260 g/mol. The fourth-order valence-electron chi connectivity index (χ4n) is 2.11. The zero-order valence-electron chi connectivity index (χ0n) is 10.1. The zero-order valence-corrected chi connectivity index (χ0v) is 11.0. The highest BCUT2D eigenvalue weighted by molar-refractivity contribution is 7.14. The van der Waals surface area contributed by atoms with E-state index in [9.17, 15) is 0 Å². The second kappa shape index (κ2) is 5.50. The van der Waals surface area contributed by atoms with Crippen LogP contribution in [0.15, 0.2) is 35.7 Å². The molecule has 1 saturated heterocycles. The van der Waals surface area contributed by atoms with Gasteiger partial charge in [0.15, 0.2) is 5.13 Å². The fraction of sp³-hybridized carbons (Fsp3) is 0.357. The van der Waals surface area contributed by atoms with Gasteiger partial charge in [-0.25, -0.2) is 4.98 Å². The maximum Gasteiger partial charge on any atom is 0.183 e. The van der Waals surface area contributed by atoms with E-state index in [-0.39, 0.29) is 0 Å². The number of nitrogens with zero attached hydrogens (tertiary/aromatic N) is 1. The van der Waals surface area contributed by atoms with Crippen molar-refractivity contribution in [1.29, 1.82) is 0 Å². The van der Waals surface area contributed by atoms with E-state index < -0.39 is 0 Å². The maximum atomic E-state index is 5.46. The Hall–Kier alpha value is -1.39. The SMILES string of the molecule is c1ccc(-c2csc(NC3CCCOC3)n2)cc1. The van der Waals surface area contributed by atoms with Gasteiger partial charge in [-0.05, 0) is 12.8 Å². The summed E-state index contributed by atoms with van der Waals surface area (Å²) in [4.78, 5) is 4.63. The summed E-state index contributed by atoms with van der Waals surface area (Å²) in [5.74, 6) is 0. The molecule has 1 N–H and O–H groups in total. The van der Waals surface area contributed by atoms with E-state index in [1.807, 2.05) is 18.2 Å². The normalized spacial score (nSPS) is 19.7. The molecule has 0 aliphatic carbocycles. The van der Waals surface area contributed by atoms with Crippen LogP contribution in [0.5, 0.6) is 0 Å². The molecule has 1 unspecified atom stereocenters. The summed E-state index contributed by atoms with van der Waals surface area (Å²) in [6, 6.07) is 10.7. The molecule has 1 aromatic carbocycles. The maximum absolute atomic E-state index is 5.46. The minimum absolute atomic E-state index is 0.411. The molecule has 3 nitrogen and oxygen atoms in total. The van der Waals surface area contributed by atoms with Gasteiger partial charge in [0.25, 0.3) is 0 Å². The van der Waals surface area contributed by atoms with E-state index in [1.165, 1.54) is 12.0 Å². The third kappa shape index (κ3) is 2.71. The highest BCUT2D eigenvalue weighted by Gasteiger charge is 2.15. The van der Waals surface area contributed by atoms with E-state index in [2.05, 4.69) is 27.8 Å². The number of hydrogen-bond donors (Lipinski definition) is 1. The summed E-state index contributed by atoms with van der Waals surface area (Å²) in [7, 11) is 0. The minimum atomic E-state index is 0.411. The first kappa shape index (κ1) is 11.7. The molecule has 1 aliphatic rings. The Morgan fingerprint density at radius 3 is 2.94 bits per heavy atom. The van der Waals surface area contributed by atoms with Gasteiger partial charge in [-0.3, -0.25) is 0 Å².